The van der Waals surface area contributed by atoms with Crippen molar-refractivity contribution in [2.75, 3.05) is 25.4 Å². The lowest BCUT2D eigenvalue weighted by molar-refractivity contribution is -0.137. The topological polar surface area (TPSA) is 60.0 Å². The number of piperidine rings is 1. The number of hydrogen-bond acceptors (Lipinski definition) is 4. The number of likely N-dealkylation sites (tertiary alicyclic amines) is 1. The molecule has 3 heterocycles. The van der Waals surface area contributed by atoms with Crippen LogP contribution in [0.25, 0.3) is 11.3 Å². The van der Waals surface area contributed by atoms with E-state index in [2.05, 4.69) is 14.5 Å². The number of halogens is 5. The van der Waals surface area contributed by atoms with E-state index < -0.39 is 24.0 Å². The molecule has 5 rings (SSSR count). The van der Waals surface area contributed by atoms with Crippen molar-refractivity contribution in [2.45, 2.75) is 37.4 Å². The van der Waals surface area contributed by atoms with Gasteiger partial charge in [-0.1, -0.05) is 0 Å². The standard InChI is InChI=1S/C19H20F5N5/c20-15(21)8-28-5-11-12(6-28)16(11)29-7-14(27-18(29)9-1-2-9)10-3-13(19(22,23)24)17(25)26-4-10/h3-4,7,9,11-12,15-16H,1-2,5-6,8H2,(H2,25,26)/t11-,12+,16+. The number of fused-ring (bicyclic) bond motifs is 1. The number of anilines is 1. The lowest BCUT2D eigenvalue weighted by Crippen LogP contribution is -2.30. The molecule has 29 heavy (non-hydrogen) atoms. The van der Waals surface area contributed by atoms with Crippen LogP contribution in [0.5, 0.6) is 0 Å². The molecule has 1 aliphatic heterocycles. The maximum Gasteiger partial charge on any atom is 0.419 e. The predicted molar refractivity (Wildman–Crippen MR) is 95.3 cm³/mol. The highest BCUT2D eigenvalue weighted by Crippen LogP contribution is 2.57. The van der Waals surface area contributed by atoms with Gasteiger partial charge in [0.15, 0.2) is 0 Å². The molecule has 0 bridgehead atoms. The molecule has 2 aromatic heterocycles. The lowest BCUT2D eigenvalue weighted by atomic mass is 10.1. The molecular formula is C19H20F5N5. The predicted octanol–water partition coefficient (Wildman–Crippen LogP) is 3.79. The number of imidazole rings is 1. The van der Waals surface area contributed by atoms with E-state index in [0.29, 0.717) is 36.5 Å². The van der Waals surface area contributed by atoms with Gasteiger partial charge >= 0.3 is 6.18 Å². The maximum absolute atomic E-state index is 13.2. The first-order valence-electron chi connectivity index (χ1n) is 9.64. The van der Waals surface area contributed by atoms with Crippen LogP contribution < -0.4 is 5.73 Å². The zero-order chi connectivity index (χ0) is 20.5. The molecule has 0 spiro atoms. The van der Waals surface area contributed by atoms with E-state index in [-0.39, 0.29) is 18.2 Å². The average Bonchev–Trinajstić information content (AvgIpc) is 3.50. The van der Waals surface area contributed by atoms with E-state index >= 15 is 0 Å². The summed E-state index contributed by atoms with van der Waals surface area (Å²) in [6, 6.07) is 1.17. The molecule has 0 radical (unpaired) electrons. The van der Waals surface area contributed by atoms with Crippen molar-refractivity contribution >= 4 is 5.82 Å². The lowest BCUT2D eigenvalue weighted by Gasteiger charge is -2.19. The molecule has 2 aliphatic carbocycles. The second-order valence-electron chi connectivity index (χ2n) is 8.25. The SMILES string of the molecule is Nc1ncc(-c2cn([C@H]3[C@@H]4CN(CC(F)F)C[C@@H]43)c(C3CC3)n2)cc1C(F)(F)F. The van der Waals surface area contributed by atoms with E-state index in [1.165, 1.54) is 6.20 Å². The zero-order valence-electron chi connectivity index (χ0n) is 15.4. The second kappa shape index (κ2) is 6.38. The van der Waals surface area contributed by atoms with Crippen LogP contribution in [0.4, 0.5) is 27.8 Å². The number of hydrogen-bond donors (Lipinski definition) is 1. The van der Waals surface area contributed by atoms with Crippen LogP contribution in [-0.2, 0) is 6.18 Å². The summed E-state index contributed by atoms with van der Waals surface area (Å²) in [4.78, 5) is 10.1. The summed E-state index contributed by atoms with van der Waals surface area (Å²) < 4.78 is 66.9. The molecule has 3 aliphatic rings. The molecule has 3 atom stereocenters. The summed E-state index contributed by atoms with van der Waals surface area (Å²) in [6.07, 6.45) is -1.81. The molecule has 0 amide bonds. The quantitative estimate of drug-likeness (QED) is 0.758. The van der Waals surface area contributed by atoms with E-state index in [1.807, 2.05) is 0 Å². The van der Waals surface area contributed by atoms with Crippen molar-refractivity contribution in [3.8, 4) is 11.3 Å². The van der Waals surface area contributed by atoms with Crippen molar-refractivity contribution in [3.05, 3.63) is 29.8 Å². The van der Waals surface area contributed by atoms with Gasteiger partial charge in [-0.3, -0.25) is 4.90 Å². The Morgan fingerprint density at radius 3 is 2.45 bits per heavy atom. The van der Waals surface area contributed by atoms with Crippen molar-refractivity contribution in [1.29, 1.82) is 0 Å². The fourth-order valence-electron chi connectivity index (χ4n) is 4.61. The molecule has 3 fully saturated rings. The minimum atomic E-state index is -4.59. The summed E-state index contributed by atoms with van der Waals surface area (Å²) in [5, 5.41) is 0. The number of nitrogens with zero attached hydrogens (tertiary/aromatic N) is 4. The summed E-state index contributed by atoms with van der Waals surface area (Å²) in [5.41, 5.74) is 5.15. The molecule has 5 nitrogen and oxygen atoms in total. The number of pyridine rings is 1. The molecule has 2 aromatic rings. The van der Waals surface area contributed by atoms with E-state index in [4.69, 9.17) is 5.73 Å². The van der Waals surface area contributed by atoms with Gasteiger partial charge < -0.3 is 10.3 Å². The fourth-order valence-corrected chi connectivity index (χ4v) is 4.61. The Hall–Kier alpha value is -2.23. The van der Waals surface area contributed by atoms with E-state index in [0.717, 1.165) is 24.7 Å². The molecule has 156 valence electrons. The summed E-state index contributed by atoms with van der Waals surface area (Å²) in [6.45, 7) is 1.04. The first kappa shape index (κ1) is 18.8. The van der Waals surface area contributed by atoms with E-state index in [9.17, 15) is 22.0 Å². The molecule has 1 saturated heterocycles. The minimum absolute atomic E-state index is 0.185. The number of rotatable bonds is 5. The first-order valence-corrected chi connectivity index (χ1v) is 9.64. The largest absolute Gasteiger partial charge is 0.419 e. The third-order valence-corrected chi connectivity index (χ3v) is 6.16. The third kappa shape index (κ3) is 3.37. The average molecular weight is 413 g/mol. The second-order valence-corrected chi connectivity index (χ2v) is 8.25. The highest BCUT2D eigenvalue weighted by Gasteiger charge is 2.57. The molecule has 0 unspecified atom stereocenters. The molecular weight excluding hydrogens is 393 g/mol. The van der Waals surface area contributed by atoms with Crippen molar-refractivity contribution < 1.29 is 22.0 Å². The van der Waals surface area contributed by atoms with Gasteiger partial charge in [0.1, 0.15) is 11.6 Å². The van der Waals surface area contributed by atoms with Crippen LogP contribution >= 0.6 is 0 Å². The Labute approximate surface area is 163 Å². The number of nitrogen functional groups attached to an aromatic ring is 1. The Kier molecular flexibility index (Phi) is 4.13. The third-order valence-electron chi connectivity index (χ3n) is 6.16. The Morgan fingerprint density at radius 2 is 1.86 bits per heavy atom. The van der Waals surface area contributed by atoms with Gasteiger partial charge in [-0.05, 0) is 30.7 Å². The molecule has 2 saturated carbocycles. The number of aromatic nitrogens is 3. The summed E-state index contributed by atoms with van der Waals surface area (Å²) in [7, 11) is 0. The Morgan fingerprint density at radius 1 is 1.17 bits per heavy atom. The van der Waals surface area contributed by atoms with E-state index in [1.54, 1.807) is 11.1 Å². The van der Waals surface area contributed by atoms with Gasteiger partial charge in [-0.25, -0.2) is 18.7 Å². The number of nitrogens with two attached hydrogens (primary N) is 1. The van der Waals surface area contributed by atoms with Gasteiger partial charge in [0.2, 0.25) is 0 Å². The number of alkyl halides is 5. The highest BCUT2D eigenvalue weighted by molar-refractivity contribution is 5.62. The zero-order valence-corrected chi connectivity index (χ0v) is 15.4. The van der Waals surface area contributed by atoms with Crippen LogP contribution in [-0.4, -0.2) is 45.5 Å². The van der Waals surface area contributed by atoms with Crippen molar-refractivity contribution in [3.63, 3.8) is 0 Å². The fraction of sp³-hybridized carbons (Fsp3) is 0.579. The minimum Gasteiger partial charge on any atom is -0.383 e. The van der Waals surface area contributed by atoms with Crippen LogP contribution in [0.15, 0.2) is 18.5 Å². The van der Waals surface area contributed by atoms with Crippen molar-refractivity contribution in [1.82, 2.24) is 19.4 Å². The first-order chi connectivity index (χ1) is 13.7. The Balaban J connectivity index is 1.42. The van der Waals surface area contributed by atoms with Gasteiger partial charge in [0.25, 0.3) is 6.43 Å². The van der Waals surface area contributed by atoms with Gasteiger partial charge in [-0.15, -0.1) is 0 Å². The summed E-state index contributed by atoms with van der Waals surface area (Å²) >= 11 is 0. The van der Waals surface area contributed by atoms with Crippen molar-refractivity contribution in [2.24, 2.45) is 11.8 Å². The van der Waals surface area contributed by atoms with Crippen LogP contribution in [0.1, 0.15) is 36.2 Å². The van der Waals surface area contributed by atoms with Crippen LogP contribution in [0.3, 0.4) is 0 Å². The Bertz CT molecular complexity index is 924. The van der Waals surface area contributed by atoms with Gasteiger partial charge in [-0.2, -0.15) is 13.2 Å². The smallest absolute Gasteiger partial charge is 0.383 e. The van der Waals surface area contributed by atoms with Crippen LogP contribution in [0, 0.1) is 11.8 Å². The molecule has 10 heteroatoms. The monoisotopic (exact) mass is 413 g/mol. The molecule has 0 aromatic carbocycles. The van der Waals surface area contributed by atoms with Gasteiger partial charge in [0.05, 0.1) is 17.8 Å². The van der Waals surface area contributed by atoms with Gasteiger partial charge in [0, 0.05) is 43.0 Å². The molecule has 2 N–H and O–H groups in total. The maximum atomic E-state index is 13.2. The van der Waals surface area contributed by atoms with Crippen LogP contribution in [0.2, 0.25) is 0 Å². The summed E-state index contributed by atoms with van der Waals surface area (Å²) in [5.74, 6) is 1.22. The highest BCUT2D eigenvalue weighted by atomic mass is 19.4. The normalized spacial score (nSPS) is 26.9.